The van der Waals surface area contributed by atoms with E-state index < -0.39 is 5.91 Å². The number of carbonyl (C=O) groups excluding carboxylic acids is 1. The molecule has 0 atom stereocenters. The van der Waals surface area contributed by atoms with Gasteiger partial charge in [-0.25, -0.2) is 0 Å². The summed E-state index contributed by atoms with van der Waals surface area (Å²) in [6.45, 7) is 0.678. The molecule has 5 rings (SSSR count). The molecule has 4 aromatic rings. The van der Waals surface area contributed by atoms with Crippen molar-refractivity contribution in [2.75, 3.05) is 11.9 Å². The van der Waals surface area contributed by atoms with E-state index in [2.05, 4.69) is 30.7 Å². The van der Waals surface area contributed by atoms with Gasteiger partial charge in [-0.1, -0.05) is 12.5 Å². The van der Waals surface area contributed by atoms with E-state index in [1.807, 2.05) is 36.4 Å². The van der Waals surface area contributed by atoms with Crippen LogP contribution in [-0.4, -0.2) is 37.8 Å². The summed E-state index contributed by atoms with van der Waals surface area (Å²) in [6, 6.07) is 13.4. The van der Waals surface area contributed by atoms with Crippen molar-refractivity contribution in [1.82, 2.24) is 25.4 Å². The van der Waals surface area contributed by atoms with Gasteiger partial charge in [0.2, 0.25) is 5.91 Å². The molecule has 8 nitrogen and oxygen atoms in total. The van der Waals surface area contributed by atoms with Crippen molar-refractivity contribution in [1.29, 1.82) is 0 Å². The highest BCUT2D eigenvalue weighted by atomic mass is 16.1. The van der Waals surface area contributed by atoms with E-state index in [1.165, 1.54) is 0 Å². The number of anilines is 1. The van der Waals surface area contributed by atoms with Gasteiger partial charge in [0.05, 0.1) is 17.4 Å². The summed E-state index contributed by atoms with van der Waals surface area (Å²) in [5.41, 5.74) is 9.49. The third kappa shape index (κ3) is 3.26. The molecule has 3 heterocycles. The number of H-pyrrole nitrogens is 1. The van der Waals surface area contributed by atoms with Gasteiger partial charge < -0.3 is 11.1 Å². The van der Waals surface area contributed by atoms with Crippen molar-refractivity contribution in [2.24, 2.45) is 5.73 Å². The molecule has 0 spiro atoms. The van der Waals surface area contributed by atoms with Crippen LogP contribution in [0.4, 0.5) is 5.82 Å². The highest BCUT2D eigenvalue weighted by Gasteiger charge is 2.40. The fourth-order valence-electron chi connectivity index (χ4n) is 3.94. The predicted molar refractivity (Wildman–Crippen MR) is 114 cm³/mol. The number of benzene rings is 1. The van der Waals surface area contributed by atoms with Crippen LogP contribution in [0.1, 0.15) is 35.3 Å². The molecule has 0 radical (unpaired) electrons. The number of fused-ring (bicyclic) bond motifs is 1. The number of nitrogens with two attached hydrogens (primary N) is 1. The number of amides is 1. The molecule has 30 heavy (non-hydrogen) atoms. The molecular formula is C22H21N7O. The molecule has 0 bridgehead atoms. The molecule has 4 N–H and O–H groups in total. The number of aromatic amines is 1. The lowest BCUT2D eigenvalue weighted by molar-refractivity contribution is 0.0999. The first-order valence-electron chi connectivity index (χ1n) is 9.90. The second-order valence-electron chi connectivity index (χ2n) is 7.76. The van der Waals surface area contributed by atoms with Crippen LogP contribution < -0.4 is 11.1 Å². The Morgan fingerprint density at radius 1 is 1.13 bits per heavy atom. The normalized spacial score (nSPS) is 14.9. The average Bonchev–Trinajstić information content (AvgIpc) is 3.21. The first kappa shape index (κ1) is 18.2. The van der Waals surface area contributed by atoms with Gasteiger partial charge in [-0.15, -0.1) is 10.2 Å². The molecule has 150 valence electrons. The van der Waals surface area contributed by atoms with Crippen molar-refractivity contribution in [2.45, 2.75) is 24.7 Å². The predicted octanol–water partition coefficient (Wildman–Crippen LogP) is 3.05. The molecule has 0 aliphatic heterocycles. The minimum atomic E-state index is -0.434. The zero-order valence-electron chi connectivity index (χ0n) is 16.3. The highest BCUT2D eigenvalue weighted by Crippen LogP contribution is 2.43. The largest absolute Gasteiger partial charge is 0.368 e. The van der Waals surface area contributed by atoms with Crippen molar-refractivity contribution >= 4 is 22.6 Å². The number of rotatable bonds is 6. The monoisotopic (exact) mass is 399 g/mol. The molecular weight excluding hydrogens is 378 g/mol. The summed E-state index contributed by atoms with van der Waals surface area (Å²) in [5, 5.41) is 20.1. The van der Waals surface area contributed by atoms with E-state index >= 15 is 0 Å². The second kappa shape index (κ2) is 7.22. The van der Waals surface area contributed by atoms with Crippen LogP contribution >= 0.6 is 0 Å². The van der Waals surface area contributed by atoms with E-state index in [-0.39, 0.29) is 5.41 Å². The minimum absolute atomic E-state index is 0.113. The Morgan fingerprint density at radius 2 is 2.03 bits per heavy atom. The maximum Gasteiger partial charge on any atom is 0.248 e. The molecule has 1 saturated carbocycles. The van der Waals surface area contributed by atoms with Gasteiger partial charge >= 0.3 is 0 Å². The molecule has 1 aliphatic carbocycles. The molecule has 1 aromatic carbocycles. The van der Waals surface area contributed by atoms with Crippen molar-refractivity contribution in [3.05, 3.63) is 66.1 Å². The quantitative estimate of drug-likeness (QED) is 0.458. The summed E-state index contributed by atoms with van der Waals surface area (Å²) in [7, 11) is 0. The number of primary amides is 1. The van der Waals surface area contributed by atoms with E-state index in [9.17, 15) is 4.79 Å². The van der Waals surface area contributed by atoms with Crippen LogP contribution in [0.2, 0.25) is 0 Å². The zero-order chi connectivity index (χ0) is 20.6. The number of aromatic nitrogens is 5. The van der Waals surface area contributed by atoms with Crippen LogP contribution in [0.15, 0.2) is 54.9 Å². The fourth-order valence-corrected chi connectivity index (χ4v) is 3.94. The van der Waals surface area contributed by atoms with Gasteiger partial charge in [0.25, 0.3) is 0 Å². The summed E-state index contributed by atoms with van der Waals surface area (Å²) >= 11 is 0. The maximum atomic E-state index is 11.5. The van der Waals surface area contributed by atoms with Gasteiger partial charge in [-0.05, 0) is 49.2 Å². The number of pyridine rings is 1. The molecule has 8 heteroatoms. The Morgan fingerprint density at radius 3 is 2.77 bits per heavy atom. The topological polar surface area (TPSA) is 122 Å². The van der Waals surface area contributed by atoms with E-state index in [0.29, 0.717) is 17.9 Å². The molecule has 0 saturated heterocycles. The fraction of sp³-hybridized carbons (Fsp3) is 0.227. The number of nitrogens with one attached hydrogen (secondary N) is 2. The lowest BCUT2D eigenvalue weighted by atomic mass is 9.66. The van der Waals surface area contributed by atoms with Crippen molar-refractivity contribution in [3.63, 3.8) is 0 Å². The Hall–Kier alpha value is -3.81. The number of carbonyl (C=O) groups is 1. The Kier molecular flexibility index (Phi) is 4.39. The Balaban J connectivity index is 1.32. The number of nitrogens with zero attached hydrogens (tertiary/aromatic N) is 4. The zero-order valence-corrected chi connectivity index (χ0v) is 16.3. The first-order chi connectivity index (χ1) is 14.6. The standard InChI is InChI=1S/C22H21N7O/c23-21(30)15-6-9-24-19(11-15)22(7-1-8-22)13-25-20-5-4-17(28-29-20)14-2-3-18-16(10-14)12-26-27-18/h2-6,9-12H,1,7-8,13H2,(H2,23,30)(H,25,29)(H,26,27). The molecule has 3 aromatic heterocycles. The molecule has 1 amide bonds. The Bertz CT molecular complexity index is 1210. The van der Waals surface area contributed by atoms with Crippen LogP contribution in [0.3, 0.4) is 0 Å². The van der Waals surface area contributed by atoms with Crippen LogP contribution in [0.25, 0.3) is 22.2 Å². The van der Waals surface area contributed by atoms with Gasteiger partial charge in [0.15, 0.2) is 0 Å². The smallest absolute Gasteiger partial charge is 0.248 e. The number of hydrogen-bond donors (Lipinski definition) is 3. The van der Waals surface area contributed by atoms with Gasteiger partial charge in [-0.3, -0.25) is 14.9 Å². The van der Waals surface area contributed by atoms with Crippen LogP contribution in [-0.2, 0) is 5.41 Å². The summed E-state index contributed by atoms with van der Waals surface area (Å²) in [4.78, 5) is 16.0. The highest BCUT2D eigenvalue weighted by molar-refractivity contribution is 5.92. The summed E-state index contributed by atoms with van der Waals surface area (Å²) in [6.07, 6.45) is 6.59. The summed E-state index contributed by atoms with van der Waals surface area (Å²) in [5.74, 6) is 0.275. The van der Waals surface area contributed by atoms with Crippen LogP contribution in [0.5, 0.6) is 0 Å². The van der Waals surface area contributed by atoms with Gasteiger partial charge in [-0.2, -0.15) is 5.10 Å². The lowest BCUT2D eigenvalue weighted by Crippen LogP contribution is -2.42. The van der Waals surface area contributed by atoms with Gasteiger partial charge in [0.1, 0.15) is 5.82 Å². The van der Waals surface area contributed by atoms with E-state index in [0.717, 1.165) is 47.1 Å². The number of hydrogen-bond acceptors (Lipinski definition) is 6. The minimum Gasteiger partial charge on any atom is -0.368 e. The van der Waals surface area contributed by atoms with Crippen molar-refractivity contribution < 1.29 is 4.79 Å². The molecule has 1 aliphatic rings. The lowest BCUT2D eigenvalue weighted by Gasteiger charge is -2.41. The van der Waals surface area contributed by atoms with Gasteiger partial charge in [0, 0.05) is 40.4 Å². The second-order valence-corrected chi connectivity index (χ2v) is 7.76. The SMILES string of the molecule is NC(=O)c1ccnc(C2(CNc3ccc(-c4ccc5[nH]ncc5c4)nn3)CCC2)c1. The summed E-state index contributed by atoms with van der Waals surface area (Å²) < 4.78 is 0. The van der Waals surface area contributed by atoms with E-state index in [1.54, 1.807) is 18.5 Å². The van der Waals surface area contributed by atoms with E-state index in [4.69, 9.17) is 5.73 Å². The Labute approximate surface area is 172 Å². The molecule has 0 unspecified atom stereocenters. The third-order valence-electron chi connectivity index (χ3n) is 5.91. The third-order valence-corrected chi connectivity index (χ3v) is 5.91. The average molecular weight is 399 g/mol. The maximum absolute atomic E-state index is 11.5. The first-order valence-corrected chi connectivity index (χ1v) is 9.90. The van der Waals surface area contributed by atoms with Crippen LogP contribution in [0, 0.1) is 0 Å². The van der Waals surface area contributed by atoms with Crippen molar-refractivity contribution in [3.8, 4) is 11.3 Å². The molecule has 1 fully saturated rings.